The van der Waals surface area contributed by atoms with Gasteiger partial charge in [-0.3, -0.25) is 19.4 Å². The fourth-order valence-electron chi connectivity index (χ4n) is 4.66. The van der Waals surface area contributed by atoms with Gasteiger partial charge in [0, 0.05) is 12.1 Å². The lowest BCUT2D eigenvalue weighted by atomic mass is 9.85. The number of piperazine rings is 1. The van der Waals surface area contributed by atoms with Crippen LogP contribution in [-0.4, -0.2) is 66.5 Å². The highest BCUT2D eigenvalue weighted by molar-refractivity contribution is 6.44. The quantitative estimate of drug-likeness (QED) is 0.560. The van der Waals surface area contributed by atoms with Gasteiger partial charge in [0.1, 0.15) is 26.2 Å². The van der Waals surface area contributed by atoms with Crippen LogP contribution in [0.4, 0.5) is 10.6 Å². The van der Waals surface area contributed by atoms with Gasteiger partial charge in [0.05, 0.1) is 6.20 Å². The molecule has 28 heavy (non-hydrogen) atoms. The molecular formula is C20H29N5O3+2. The van der Waals surface area contributed by atoms with E-state index in [2.05, 4.69) is 16.8 Å². The Labute approximate surface area is 165 Å². The number of hydrogen-bond donors (Lipinski definition) is 1. The molecule has 3 aliphatic rings. The number of nitrogens with zero attached hydrogens (tertiary/aromatic N) is 3. The molecule has 150 valence electrons. The number of anilines is 1. The van der Waals surface area contributed by atoms with Gasteiger partial charge in [0.15, 0.2) is 6.67 Å². The Kier molecular flexibility index (Phi) is 5.30. The molecule has 8 nitrogen and oxygen atoms in total. The zero-order valence-corrected chi connectivity index (χ0v) is 16.4. The van der Waals surface area contributed by atoms with Gasteiger partial charge < -0.3 is 4.90 Å². The second-order valence-corrected chi connectivity index (χ2v) is 8.16. The third-order valence-electron chi connectivity index (χ3n) is 6.37. The van der Waals surface area contributed by atoms with Crippen molar-refractivity contribution in [2.45, 2.75) is 38.6 Å². The third kappa shape index (κ3) is 3.48. The summed E-state index contributed by atoms with van der Waals surface area (Å²) in [5.74, 6) is 0.0321. The van der Waals surface area contributed by atoms with Crippen molar-refractivity contribution in [2.24, 2.45) is 5.92 Å². The molecule has 0 unspecified atom stereocenters. The lowest BCUT2D eigenvalue weighted by molar-refractivity contribution is -0.908. The summed E-state index contributed by atoms with van der Waals surface area (Å²) in [5.41, 5.74) is 0. The number of aromatic nitrogens is 1. The van der Waals surface area contributed by atoms with E-state index in [4.69, 9.17) is 0 Å². The number of aromatic amines is 1. The average molecular weight is 387 g/mol. The lowest BCUT2D eigenvalue weighted by Gasteiger charge is -2.34. The first-order valence-electron chi connectivity index (χ1n) is 10.3. The van der Waals surface area contributed by atoms with Crippen LogP contribution in [0.2, 0.25) is 0 Å². The molecule has 0 spiro atoms. The monoisotopic (exact) mass is 387 g/mol. The number of imide groups is 2. The Morgan fingerprint density at radius 2 is 1.82 bits per heavy atom. The predicted molar refractivity (Wildman–Crippen MR) is 101 cm³/mol. The van der Waals surface area contributed by atoms with E-state index in [0.29, 0.717) is 0 Å². The van der Waals surface area contributed by atoms with Crippen molar-refractivity contribution in [3.05, 3.63) is 24.4 Å². The third-order valence-corrected chi connectivity index (χ3v) is 6.37. The largest absolute Gasteiger partial charge is 0.338 e. The number of carbonyl (C=O) groups is 3. The summed E-state index contributed by atoms with van der Waals surface area (Å²) >= 11 is 0. The van der Waals surface area contributed by atoms with Crippen molar-refractivity contribution in [1.82, 2.24) is 9.80 Å². The van der Waals surface area contributed by atoms with Gasteiger partial charge in [-0.2, -0.15) is 0 Å². The standard InChI is InChI=1S/C20H27N5O3/c1-15-6-2-3-7-16(15)25-19(27)18(26)24(20(25)28)14-22-10-12-23(13-11-22)17-8-4-5-9-21-17/h4-5,8-9,15-16H,2-3,6-7,10-14H2,1H3/p+2/t15-,16+/m1/s1. The summed E-state index contributed by atoms with van der Waals surface area (Å²) in [6.07, 6.45) is 5.84. The summed E-state index contributed by atoms with van der Waals surface area (Å²) in [5, 5.41) is 0. The van der Waals surface area contributed by atoms with E-state index >= 15 is 0 Å². The second kappa shape index (κ2) is 7.87. The molecule has 8 heteroatoms. The number of nitrogens with one attached hydrogen (secondary N) is 2. The van der Waals surface area contributed by atoms with E-state index in [1.807, 2.05) is 24.4 Å². The maximum atomic E-state index is 12.9. The van der Waals surface area contributed by atoms with Gasteiger partial charge in [-0.1, -0.05) is 25.8 Å². The smallest absolute Gasteiger partial charge is 0.311 e. The van der Waals surface area contributed by atoms with Crippen LogP contribution < -0.4 is 14.8 Å². The predicted octanol–water partition coefficient (Wildman–Crippen LogP) is -0.467. The van der Waals surface area contributed by atoms with Crippen molar-refractivity contribution in [1.29, 1.82) is 0 Å². The minimum atomic E-state index is -0.658. The van der Waals surface area contributed by atoms with Gasteiger partial charge in [-0.25, -0.2) is 14.7 Å². The molecule has 1 aromatic heterocycles. The Bertz CT molecular complexity index is 747. The summed E-state index contributed by atoms with van der Waals surface area (Å²) in [7, 11) is 0. The molecule has 2 saturated heterocycles. The fourth-order valence-corrected chi connectivity index (χ4v) is 4.66. The summed E-state index contributed by atoms with van der Waals surface area (Å²) in [6, 6.07) is 5.44. The van der Waals surface area contributed by atoms with E-state index in [9.17, 15) is 14.4 Å². The molecule has 0 aromatic carbocycles. The minimum Gasteiger partial charge on any atom is -0.311 e. The number of pyridine rings is 1. The van der Waals surface area contributed by atoms with Crippen molar-refractivity contribution < 1.29 is 24.3 Å². The zero-order chi connectivity index (χ0) is 19.7. The van der Waals surface area contributed by atoms with E-state index in [-0.39, 0.29) is 18.6 Å². The van der Waals surface area contributed by atoms with Crippen molar-refractivity contribution >= 4 is 23.7 Å². The number of H-pyrrole nitrogens is 1. The lowest BCUT2D eigenvalue weighted by Crippen LogP contribution is -3.16. The molecule has 3 heterocycles. The molecule has 4 amide bonds. The van der Waals surface area contributed by atoms with E-state index in [0.717, 1.165) is 62.6 Å². The molecule has 1 aromatic rings. The van der Waals surface area contributed by atoms with Crippen LogP contribution in [-0.2, 0) is 9.59 Å². The molecule has 2 N–H and O–H groups in total. The van der Waals surface area contributed by atoms with Crippen molar-refractivity contribution in [2.75, 3.05) is 37.7 Å². The van der Waals surface area contributed by atoms with Crippen LogP contribution in [0, 0.1) is 5.92 Å². The Hall–Kier alpha value is -2.48. The van der Waals surface area contributed by atoms with Gasteiger partial charge in [-0.15, -0.1) is 0 Å². The first-order valence-corrected chi connectivity index (χ1v) is 10.3. The van der Waals surface area contributed by atoms with Gasteiger partial charge in [-0.05, 0) is 24.8 Å². The molecule has 4 rings (SSSR count). The summed E-state index contributed by atoms with van der Waals surface area (Å²) in [4.78, 5) is 47.0. The molecule has 2 atom stereocenters. The highest BCUT2D eigenvalue weighted by atomic mass is 16.2. The Morgan fingerprint density at radius 3 is 2.50 bits per heavy atom. The molecule has 0 bridgehead atoms. The van der Waals surface area contributed by atoms with E-state index < -0.39 is 17.8 Å². The van der Waals surface area contributed by atoms with Gasteiger partial charge in [0.2, 0.25) is 0 Å². The molecule has 0 radical (unpaired) electrons. The number of amides is 4. The van der Waals surface area contributed by atoms with Gasteiger partial charge >= 0.3 is 17.8 Å². The molecular weight excluding hydrogens is 358 g/mol. The van der Waals surface area contributed by atoms with Gasteiger partial charge in [0.25, 0.3) is 5.82 Å². The number of hydrogen-bond acceptors (Lipinski definition) is 4. The normalized spacial score (nSPS) is 27.0. The van der Waals surface area contributed by atoms with Crippen LogP contribution >= 0.6 is 0 Å². The topological polar surface area (TPSA) is 79.5 Å². The zero-order valence-electron chi connectivity index (χ0n) is 16.4. The maximum absolute atomic E-state index is 12.9. The van der Waals surface area contributed by atoms with Crippen LogP contribution in [0.25, 0.3) is 0 Å². The number of urea groups is 1. The number of quaternary nitrogens is 1. The molecule has 3 fully saturated rings. The van der Waals surface area contributed by atoms with E-state index in [1.54, 1.807) is 0 Å². The van der Waals surface area contributed by atoms with Crippen LogP contribution in [0.5, 0.6) is 0 Å². The van der Waals surface area contributed by atoms with Crippen LogP contribution in [0.1, 0.15) is 32.6 Å². The average Bonchev–Trinajstić information content (AvgIpc) is 2.93. The molecule has 2 aliphatic heterocycles. The first kappa shape index (κ1) is 18.9. The van der Waals surface area contributed by atoms with Crippen LogP contribution in [0.15, 0.2) is 24.4 Å². The van der Waals surface area contributed by atoms with Crippen LogP contribution in [0.3, 0.4) is 0 Å². The maximum Gasteiger partial charge on any atom is 0.338 e. The van der Waals surface area contributed by atoms with Crippen molar-refractivity contribution in [3.8, 4) is 0 Å². The number of carbonyl (C=O) groups excluding carboxylic acids is 3. The summed E-state index contributed by atoms with van der Waals surface area (Å²) in [6.45, 7) is 5.64. The molecule has 1 aliphatic carbocycles. The fraction of sp³-hybridized carbons (Fsp3) is 0.600. The molecule has 1 saturated carbocycles. The first-order chi connectivity index (χ1) is 13.6. The van der Waals surface area contributed by atoms with E-state index in [1.165, 1.54) is 9.80 Å². The Morgan fingerprint density at radius 1 is 1.07 bits per heavy atom. The highest BCUT2D eigenvalue weighted by Gasteiger charge is 2.50. The Balaban J connectivity index is 1.38. The summed E-state index contributed by atoms with van der Waals surface area (Å²) < 4.78 is 0. The minimum absolute atomic E-state index is 0.136. The highest BCUT2D eigenvalue weighted by Crippen LogP contribution is 2.30. The second-order valence-electron chi connectivity index (χ2n) is 8.16. The SMILES string of the molecule is C[C@@H]1CCCC[C@@H]1N1C(=O)C(=O)N(C[NH+]2CCN(c3cccc[nH+]3)CC2)C1=O. The number of rotatable bonds is 4. The van der Waals surface area contributed by atoms with Crippen molar-refractivity contribution in [3.63, 3.8) is 0 Å².